The highest BCUT2D eigenvalue weighted by molar-refractivity contribution is 6.10. The third-order valence-electron chi connectivity index (χ3n) is 4.44. The normalized spacial score (nSPS) is 11.0. The third kappa shape index (κ3) is 3.02. The summed E-state index contributed by atoms with van der Waals surface area (Å²) in [5, 5.41) is 12.6. The molecule has 0 atom stereocenters. The molecule has 0 aliphatic carbocycles. The maximum absolute atomic E-state index is 12.6. The number of carbonyl (C=O) groups is 1. The van der Waals surface area contributed by atoms with E-state index in [0.29, 0.717) is 16.5 Å². The first-order valence-corrected chi connectivity index (χ1v) is 8.70. The van der Waals surface area contributed by atoms with Crippen LogP contribution in [0.25, 0.3) is 33.2 Å². The summed E-state index contributed by atoms with van der Waals surface area (Å²) in [6.45, 7) is 0. The van der Waals surface area contributed by atoms with Crippen molar-refractivity contribution in [2.75, 3.05) is 5.32 Å². The molecule has 8 nitrogen and oxygen atoms in total. The summed E-state index contributed by atoms with van der Waals surface area (Å²) in [6.07, 6.45) is 3.17. The van der Waals surface area contributed by atoms with Crippen molar-refractivity contribution in [2.45, 2.75) is 0 Å². The SMILES string of the molecule is O=C(Nc1nnc(-c2cccnc2)o1)c1cc2c(ccc3ccccc32)oc1=O. The van der Waals surface area contributed by atoms with Gasteiger partial charge in [0, 0.05) is 17.8 Å². The number of pyridine rings is 1. The molecule has 5 rings (SSSR count). The van der Waals surface area contributed by atoms with E-state index >= 15 is 0 Å². The monoisotopic (exact) mass is 384 g/mol. The van der Waals surface area contributed by atoms with Crippen molar-refractivity contribution in [2.24, 2.45) is 0 Å². The molecule has 0 aliphatic heterocycles. The van der Waals surface area contributed by atoms with E-state index < -0.39 is 11.5 Å². The van der Waals surface area contributed by atoms with Gasteiger partial charge >= 0.3 is 11.6 Å². The molecule has 0 spiro atoms. The summed E-state index contributed by atoms with van der Waals surface area (Å²) in [5.74, 6) is -0.500. The van der Waals surface area contributed by atoms with Crippen molar-refractivity contribution in [1.82, 2.24) is 15.2 Å². The lowest BCUT2D eigenvalue weighted by Gasteiger charge is -2.05. The van der Waals surface area contributed by atoms with Crippen LogP contribution in [0.4, 0.5) is 6.01 Å². The lowest BCUT2D eigenvalue weighted by atomic mass is 10.0. The maximum atomic E-state index is 12.6. The van der Waals surface area contributed by atoms with E-state index in [1.807, 2.05) is 30.3 Å². The largest absolute Gasteiger partial charge is 0.422 e. The number of carbonyl (C=O) groups excluding carboxylic acids is 1. The molecule has 2 aromatic carbocycles. The molecular weight excluding hydrogens is 372 g/mol. The molecule has 3 heterocycles. The molecule has 0 radical (unpaired) electrons. The molecule has 29 heavy (non-hydrogen) atoms. The fourth-order valence-electron chi connectivity index (χ4n) is 3.07. The molecule has 0 unspecified atom stereocenters. The number of fused-ring (bicyclic) bond motifs is 3. The molecule has 8 heteroatoms. The predicted octanol–water partition coefficient (Wildman–Crippen LogP) is 3.64. The minimum absolute atomic E-state index is 0.133. The van der Waals surface area contributed by atoms with Crippen molar-refractivity contribution < 1.29 is 13.6 Å². The van der Waals surface area contributed by atoms with Crippen LogP contribution >= 0.6 is 0 Å². The predicted molar refractivity (Wildman–Crippen MR) is 105 cm³/mol. The molecule has 0 saturated heterocycles. The van der Waals surface area contributed by atoms with Gasteiger partial charge in [0.15, 0.2) is 0 Å². The molecular formula is C21H12N4O4. The first-order valence-electron chi connectivity index (χ1n) is 8.70. The van der Waals surface area contributed by atoms with E-state index in [4.69, 9.17) is 8.83 Å². The average molecular weight is 384 g/mol. The van der Waals surface area contributed by atoms with Crippen molar-refractivity contribution in [3.8, 4) is 11.5 Å². The summed E-state index contributed by atoms with van der Waals surface area (Å²) in [6, 6.07) is 16.1. The quantitative estimate of drug-likeness (QED) is 0.373. The van der Waals surface area contributed by atoms with Gasteiger partial charge in [-0.05, 0) is 35.0 Å². The highest BCUT2D eigenvalue weighted by Crippen LogP contribution is 2.25. The molecule has 5 aromatic rings. The number of anilines is 1. The first kappa shape index (κ1) is 16.8. The van der Waals surface area contributed by atoms with Gasteiger partial charge in [-0.2, -0.15) is 0 Å². The number of rotatable bonds is 3. The molecule has 1 N–H and O–H groups in total. The number of nitrogens with zero attached hydrogens (tertiary/aromatic N) is 3. The van der Waals surface area contributed by atoms with Gasteiger partial charge in [0.2, 0.25) is 0 Å². The molecule has 3 aromatic heterocycles. The van der Waals surface area contributed by atoms with Gasteiger partial charge in [-0.15, -0.1) is 5.10 Å². The Labute approximate surface area is 162 Å². The summed E-state index contributed by atoms with van der Waals surface area (Å²) in [7, 11) is 0. The lowest BCUT2D eigenvalue weighted by molar-refractivity contribution is 0.102. The van der Waals surface area contributed by atoms with Crippen LogP contribution in [0.15, 0.2) is 80.6 Å². The van der Waals surface area contributed by atoms with Crippen molar-refractivity contribution in [1.29, 1.82) is 0 Å². The summed E-state index contributed by atoms with van der Waals surface area (Å²) < 4.78 is 10.8. The lowest BCUT2D eigenvalue weighted by Crippen LogP contribution is -2.20. The minimum atomic E-state index is -0.753. The Morgan fingerprint density at radius 2 is 1.83 bits per heavy atom. The van der Waals surface area contributed by atoms with Crippen molar-refractivity contribution >= 4 is 33.7 Å². The minimum Gasteiger partial charge on any atom is -0.422 e. The van der Waals surface area contributed by atoms with Crippen molar-refractivity contribution in [3.63, 3.8) is 0 Å². The fourth-order valence-corrected chi connectivity index (χ4v) is 3.07. The van der Waals surface area contributed by atoms with Crippen LogP contribution in [0.5, 0.6) is 0 Å². The van der Waals surface area contributed by atoms with Gasteiger partial charge in [-0.1, -0.05) is 35.4 Å². The first-order chi connectivity index (χ1) is 14.2. The van der Waals surface area contributed by atoms with E-state index in [9.17, 15) is 9.59 Å². The van der Waals surface area contributed by atoms with Crippen LogP contribution in [-0.2, 0) is 0 Å². The summed E-state index contributed by atoms with van der Waals surface area (Å²) >= 11 is 0. The Balaban J connectivity index is 1.51. The molecule has 140 valence electrons. The summed E-state index contributed by atoms with van der Waals surface area (Å²) in [5.41, 5.74) is 0.103. The van der Waals surface area contributed by atoms with Crippen LogP contribution in [-0.4, -0.2) is 21.1 Å². The zero-order chi connectivity index (χ0) is 19.8. The molecule has 1 amide bonds. The van der Waals surface area contributed by atoms with Crippen LogP contribution < -0.4 is 10.9 Å². The number of benzene rings is 2. The van der Waals surface area contributed by atoms with E-state index in [1.54, 1.807) is 30.6 Å². The fraction of sp³-hybridized carbons (Fsp3) is 0. The second-order valence-electron chi connectivity index (χ2n) is 6.25. The van der Waals surface area contributed by atoms with Gasteiger partial charge in [-0.25, -0.2) is 4.79 Å². The Bertz CT molecular complexity index is 1420. The number of hydrogen-bond acceptors (Lipinski definition) is 7. The molecule has 0 bridgehead atoms. The number of aromatic nitrogens is 3. The highest BCUT2D eigenvalue weighted by Gasteiger charge is 2.18. The van der Waals surface area contributed by atoms with Crippen LogP contribution in [0.3, 0.4) is 0 Å². The summed E-state index contributed by atoms with van der Waals surface area (Å²) in [4.78, 5) is 28.9. The van der Waals surface area contributed by atoms with Crippen LogP contribution in [0.2, 0.25) is 0 Å². The third-order valence-corrected chi connectivity index (χ3v) is 4.44. The van der Waals surface area contributed by atoms with E-state index in [2.05, 4.69) is 20.5 Å². The second-order valence-corrected chi connectivity index (χ2v) is 6.25. The molecule has 0 fully saturated rings. The van der Waals surface area contributed by atoms with Gasteiger partial charge in [-0.3, -0.25) is 15.1 Å². The van der Waals surface area contributed by atoms with E-state index in [1.165, 1.54) is 6.07 Å². The topological polar surface area (TPSA) is 111 Å². The number of amides is 1. The smallest absolute Gasteiger partial charge is 0.349 e. The van der Waals surface area contributed by atoms with E-state index in [-0.39, 0.29) is 17.5 Å². The Hall–Kier alpha value is -4.33. The standard InChI is InChI=1S/C21H12N4O4/c26-18(23-21-25-24-19(29-21)13-5-3-9-22-11-13)16-10-15-14-6-2-1-4-12(14)7-8-17(15)28-20(16)27/h1-11H,(H,23,25,26). The molecule has 0 aliphatic rings. The van der Waals surface area contributed by atoms with Gasteiger partial charge < -0.3 is 8.83 Å². The molecule has 0 saturated carbocycles. The second kappa shape index (κ2) is 6.68. The van der Waals surface area contributed by atoms with Gasteiger partial charge in [0.25, 0.3) is 11.8 Å². The highest BCUT2D eigenvalue weighted by atomic mass is 16.4. The number of nitrogens with one attached hydrogen (secondary N) is 1. The van der Waals surface area contributed by atoms with Crippen molar-refractivity contribution in [3.05, 3.63) is 83.0 Å². The van der Waals surface area contributed by atoms with Crippen LogP contribution in [0.1, 0.15) is 10.4 Å². The van der Waals surface area contributed by atoms with E-state index in [0.717, 1.165) is 10.8 Å². The van der Waals surface area contributed by atoms with Crippen LogP contribution in [0, 0.1) is 0 Å². The Morgan fingerprint density at radius 3 is 2.69 bits per heavy atom. The zero-order valence-electron chi connectivity index (χ0n) is 14.8. The number of hydrogen-bond donors (Lipinski definition) is 1. The average Bonchev–Trinajstić information content (AvgIpc) is 3.22. The van der Waals surface area contributed by atoms with Gasteiger partial charge in [0.1, 0.15) is 11.1 Å². The maximum Gasteiger partial charge on any atom is 0.349 e. The Kier molecular flexibility index (Phi) is 3.87. The van der Waals surface area contributed by atoms with Gasteiger partial charge in [0.05, 0.1) is 5.56 Å². The zero-order valence-corrected chi connectivity index (χ0v) is 14.8. The Morgan fingerprint density at radius 1 is 0.931 bits per heavy atom.